The Morgan fingerprint density at radius 1 is 1.15 bits per heavy atom. The van der Waals surface area contributed by atoms with Crippen molar-refractivity contribution in [2.75, 3.05) is 25.6 Å². The Bertz CT molecular complexity index is 838. The zero-order valence-electron chi connectivity index (χ0n) is 14.3. The number of ether oxygens (including phenoxy) is 2. The molecule has 0 fully saturated rings. The molecule has 2 aromatic rings. The molecule has 26 heavy (non-hydrogen) atoms. The van der Waals surface area contributed by atoms with Gasteiger partial charge in [-0.05, 0) is 23.8 Å². The first-order chi connectivity index (χ1) is 12.6. The zero-order valence-corrected chi connectivity index (χ0v) is 14.3. The van der Waals surface area contributed by atoms with Crippen LogP contribution in [0.4, 0.5) is 11.4 Å². The van der Waals surface area contributed by atoms with Crippen LogP contribution in [-0.4, -0.2) is 31.1 Å². The van der Waals surface area contributed by atoms with Gasteiger partial charge in [0.05, 0.1) is 23.7 Å². The molecule has 1 aliphatic heterocycles. The molecular formula is C18H19N3O5. The summed E-state index contributed by atoms with van der Waals surface area (Å²) in [5.41, 5.74) is 1.54. The zero-order chi connectivity index (χ0) is 18.5. The van der Waals surface area contributed by atoms with Crippen LogP contribution in [0.3, 0.4) is 0 Å². The number of amides is 1. The number of nitrogens with one attached hydrogen (secondary N) is 2. The van der Waals surface area contributed by atoms with Crippen molar-refractivity contribution in [1.29, 1.82) is 0 Å². The van der Waals surface area contributed by atoms with E-state index in [0.29, 0.717) is 36.9 Å². The molecule has 0 atom stereocenters. The minimum atomic E-state index is -0.528. The van der Waals surface area contributed by atoms with Gasteiger partial charge in [0.2, 0.25) is 0 Å². The average molecular weight is 357 g/mol. The first-order valence-electron chi connectivity index (χ1n) is 8.21. The van der Waals surface area contributed by atoms with Crippen molar-refractivity contribution in [2.45, 2.75) is 13.0 Å². The number of fused-ring (bicyclic) bond motifs is 1. The smallest absolute Gasteiger partial charge is 0.270 e. The van der Waals surface area contributed by atoms with Crippen LogP contribution >= 0.6 is 0 Å². The van der Waals surface area contributed by atoms with Gasteiger partial charge in [-0.1, -0.05) is 6.07 Å². The molecule has 8 nitrogen and oxygen atoms in total. The van der Waals surface area contributed by atoms with Crippen LogP contribution in [-0.2, 0) is 6.54 Å². The molecule has 0 aromatic heterocycles. The van der Waals surface area contributed by atoms with Crippen LogP contribution in [0.15, 0.2) is 36.4 Å². The third kappa shape index (κ3) is 3.85. The Balaban J connectivity index is 1.80. The molecule has 2 N–H and O–H groups in total. The number of nitrogens with zero attached hydrogens (tertiary/aromatic N) is 1. The van der Waals surface area contributed by atoms with Crippen LogP contribution in [0.1, 0.15) is 22.3 Å². The molecule has 1 aliphatic rings. The maximum absolute atomic E-state index is 12.0. The summed E-state index contributed by atoms with van der Waals surface area (Å²) in [6, 6.07) is 9.81. The van der Waals surface area contributed by atoms with Crippen molar-refractivity contribution >= 4 is 17.3 Å². The number of benzene rings is 2. The molecule has 136 valence electrons. The van der Waals surface area contributed by atoms with Gasteiger partial charge in [0.1, 0.15) is 0 Å². The molecular weight excluding hydrogens is 338 g/mol. The number of hydrogen-bond donors (Lipinski definition) is 2. The van der Waals surface area contributed by atoms with E-state index in [4.69, 9.17) is 9.47 Å². The standard InChI is InChI=1S/C18H19N3O5/c1-19-18(22)14-10-13(21(23)24)4-5-15(14)20-11-12-3-6-16-17(9-12)26-8-2-7-25-16/h3-6,9-10,20H,2,7-8,11H2,1H3,(H,19,22). The maximum Gasteiger partial charge on any atom is 0.270 e. The third-order valence-electron chi connectivity index (χ3n) is 3.98. The highest BCUT2D eigenvalue weighted by atomic mass is 16.6. The molecule has 0 bridgehead atoms. The van der Waals surface area contributed by atoms with E-state index in [1.165, 1.54) is 25.2 Å². The van der Waals surface area contributed by atoms with Gasteiger partial charge in [-0.15, -0.1) is 0 Å². The van der Waals surface area contributed by atoms with Crippen molar-refractivity contribution in [2.24, 2.45) is 0 Å². The Hall–Kier alpha value is -3.29. The lowest BCUT2D eigenvalue weighted by Gasteiger charge is -2.13. The van der Waals surface area contributed by atoms with E-state index in [9.17, 15) is 14.9 Å². The van der Waals surface area contributed by atoms with Crippen LogP contribution in [0.25, 0.3) is 0 Å². The van der Waals surface area contributed by atoms with Crippen molar-refractivity contribution in [1.82, 2.24) is 5.32 Å². The molecule has 1 amide bonds. The highest BCUT2D eigenvalue weighted by Gasteiger charge is 2.16. The second-order valence-electron chi connectivity index (χ2n) is 5.75. The van der Waals surface area contributed by atoms with E-state index in [2.05, 4.69) is 10.6 Å². The second kappa shape index (κ2) is 7.73. The summed E-state index contributed by atoms with van der Waals surface area (Å²) in [6.45, 7) is 1.66. The fourth-order valence-electron chi connectivity index (χ4n) is 2.64. The van der Waals surface area contributed by atoms with Gasteiger partial charge >= 0.3 is 0 Å². The molecule has 3 rings (SSSR count). The fraction of sp³-hybridized carbons (Fsp3) is 0.278. The third-order valence-corrected chi connectivity index (χ3v) is 3.98. The lowest BCUT2D eigenvalue weighted by Crippen LogP contribution is -2.20. The predicted molar refractivity (Wildman–Crippen MR) is 95.9 cm³/mol. The minimum absolute atomic E-state index is 0.135. The maximum atomic E-state index is 12.0. The molecule has 1 heterocycles. The molecule has 0 saturated heterocycles. The Morgan fingerprint density at radius 3 is 2.65 bits per heavy atom. The summed E-state index contributed by atoms with van der Waals surface area (Å²) >= 11 is 0. The fourth-order valence-corrected chi connectivity index (χ4v) is 2.64. The van der Waals surface area contributed by atoms with Gasteiger partial charge in [-0.25, -0.2) is 0 Å². The van der Waals surface area contributed by atoms with E-state index in [1.54, 1.807) is 0 Å². The van der Waals surface area contributed by atoms with E-state index in [-0.39, 0.29) is 11.3 Å². The lowest BCUT2D eigenvalue weighted by molar-refractivity contribution is -0.384. The molecule has 0 saturated carbocycles. The van der Waals surface area contributed by atoms with Gasteiger partial charge < -0.3 is 20.1 Å². The highest BCUT2D eigenvalue weighted by molar-refractivity contribution is 6.00. The summed E-state index contributed by atoms with van der Waals surface area (Å²) in [4.78, 5) is 22.5. The van der Waals surface area contributed by atoms with Crippen LogP contribution in [0.5, 0.6) is 11.5 Å². The number of non-ortho nitro benzene ring substituents is 1. The topological polar surface area (TPSA) is 103 Å². The Labute approximate surface area is 150 Å². The summed E-state index contributed by atoms with van der Waals surface area (Å²) in [5, 5.41) is 16.6. The van der Waals surface area contributed by atoms with Crippen molar-refractivity contribution in [3.05, 3.63) is 57.6 Å². The predicted octanol–water partition coefficient (Wildman–Crippen LogP) is 2.73. The molecule has 0 spiro atoms. The van der Waals surface area contributed by atoms with Gasteiger partial charge in [0.15, 0.2) is 11.5 Å². The van der Waals surface area contributed by atoms with Crippen LogP contribution in [0, 0.1) is 10.1 Å². The second-order valence-corrected chi connectivity index (χ2v) is 5.75. The number of carbonyl (C=O) groups excluding carboxylic acids is 1. The number of anilines is 1. The van der Waals surface area contributed by atoms with Gasteiger partial charge in [-0.3, -0.25) is 14.9 Å². The number of rotatable bonds is 5. The molecule has 8 heteroatoms. The summed E-state index contributed by atoms with van der Waals surface area (Å²) in [7, 11) is 1.48. The van der Waals surface area contributed by atoms with E-state index < -0.39 is 10.8 Å². The molecule has 0 radical (unpaired) electrons. The summed E-state index contributed by atoms with van der Waals surface area (Å²) in [6.07, 6.45) is 0.834. The average Bonchev–Trinajstić information content (AvgIpc) is 2.90. The Kier molecular flexibility index (Phi) is 5.21. The SMILES string of the molecule is CNC(=O)c1cc([N+](=O)[O-])ccc1NCc1ccc2c(c1)OCCCO2. The van der Waals surface area contributed by atoms with Gasteiger partial charge in [0, 0.05) is 37.8 Å². The quantitative estimate of drug-likeness (QED) is 0.630. The number of carbonyl (C=O) groups is 1. The number of hydrogen-bond acceptors (Lipinski definition) is 6. The molecule has 0 unspecified atom stereocenters. The summed E-state index contributed by atoms with van der Waals surface area (Å²) < 4.78 is 11.3. The first kappa shape index (κ1) is 17.5. The summed E-state index contributed by atoms with van der Waals surface area (Å²) in [5.74, 6) is 1.01. The van der Waals surface area contributed by atoms with E-state index in [0.717, 1.165) is 12.0 Å². The first-order valence-corrected chi connectivity index (χ1v) is 8.21. The number of nitro benzene ring substituents is 1. The van der Waals surface area contributed by atoms with Crippen molar-refractivity contribution < 1.29 is 19.2 Å². The largest absolute Gasteiger partial charge is 0.490 e. The van der Waals surface area contributed by atoms with Crippen LogP contribution < -0.4 is 20.1 Å². The monoisotopic (exact) mass is 357 g/mol. The molecule has 0 aliphatic carbocycles. The normalized spacial score (nSPS) is 12.8. The number of nitro groups is 1. The van der Waals surface area contributed by atoms with Crippen molar-refractivity contribution in [3.8, 4) is 11.5 Å². The van der Waals surface area contributed by atoms with Gasteiger partial charge in [0.25, 0.3) is 11.6 Å². The lowest BCUT2D eigenvalue weighted by atomic mass is 10.1. The van der Waals surface area contributed by atoms with Crippen LogP contribution in [0.2, 0.25) is 0 Å². The van der Waals surface area contributed by atoms with Crippen molar-refractivity contribution in [3.63, 3.8) is 0 Å². The minimum Gasteiger partial charge on any atom is -0.490 e. The Morgan fingerprint density at radius 2 is 1.92 bits per heavy atom. The van der Waals surface area contributed by atoms with E-state index >= 15 is 0 Å². The highest BCUT2D eigenvalue weighted by Crippen LogP contribution is 2.31. The van der Waals surface area contributed by atoms with E-state index in [1.807, 2.05) is 18.2 Å². The van der Waals surface area contributed by atoms with Gasteiger partial charge in [-0.2, -0.15) is 0 Å². The molecule has 2 aromatic carbocycles.